The average Bonchev–Trinajstić information content (AvgIpc) is 3.18. The summed E-state index contributed by atoms with van der Waals surface area (Å²) in [5.74, 6) is -0.278. The summed E-state index contributed by atoms with van der Waals surface area (Å²) in [6, 6.07) is 2.82. The SMILES string of the molecule is C=CC(=O)N1C(C)CN(c2nc(=O)n3c4c(c(-c5ccc(F)c6sc(N)nc56)c(C(F)(F)F)cc24)SCCC3)CC1C. The van der Waals surface area contributed by atoms with Gasteiger partial charge in [0.2, 0.25) is 5.91 Å². The number of aromatic nitrogens is 3. The molecule has 2 atom stereocenters. The Morgan fingerprint density at radius 3 is 2.57 bits per heavy atom. The number of carbonyl (C=O) groups is 1. The fraction of sp³-hybridized carbons (Fsp3) is 0.357. The summed E-state index contributed by atoms with van der Waals surface area (Å²) in [5.41, 5.74) is 4.67. The van der Waals surface area contributed by atoms with Gasteiger partial charge in [0.1, 0.15) is 11.6 Å². The van der Waals surface area contributed by atoms with E-state index < -0.39 is 23.2 Å². The van der Waals surface area contributed by atoms with Crippen molar-refractivity contribution >= 4 is 61.1 Å². The van der Waals surface area contributed by atoms with E-state index in [0.717, 1.165) is 23.5 Å². The summed E-state index contributed by atoms with van der Waals surface area (Å²) in [6.07, 6.45) is -3.03. The molecular formula is C28H26F4N6O2S2. The molecule has 1 amide bonds. The minimum absolute atomic E-state index is 0.0323. The molecular weight excluding hydrogens is 592 g/mol. The Morgan fingerprint density at radius 1 is 1.19 bits per heavy atom. The van der Waals surface area contributed by atoms with Crippen molar-refractivity contribution in [2.24, 2.45) is 0 Å². The van der Waals surface area contributed by atoms with Crippen molar-refractivity contribution in [2.45, 2.75) is 50.0 Å². The standard InChI is InChI=1S/C28H26F4N6O2S2/c1-4-19(39)38-13(2)11-36(12-14(38)3)25-16-10-17(28(30,31)32)20(15-6-7-18(29)23-21(15)34-26(33)42-23)24-22(16)37(27(40)35-25)8-5-9-41-24/h4,6-7,10,13-14H,1,5,8-9,11-12H2,2-3H3,(H2,33,34). The van der Waals surface area contributed by atoms with Crippen molar-refractivity contribution in [1.29, 1.82) is 0 Å². The van der Waals surface area contributed by atoms with Gasteiger partial charge in [-0.1, -0.05) is 17.9 Å². The first-order valence-electron chi connectivity index (χ1n) is 13.3. The highest BCUT2D eigenvalue weighted by Crippen LogP contribution is 2.50. The summed E-state index contributed by atoms with van der Waals surface area (Å²) in [6.45, 7) is 8.04. The van der Waals surface area contributed by atoms with Crippen LogP contribution in [0.3, 0.4) is 0 Å². The van der Waals surface area contributed by atoms with Crippen LogP contribution in [0.5, 0.6) is 0 Å². The van der Waals surface area contributed by atoms with E-state index in [1.807, 2.05) is 13.8 Å². The third-order valence-corrected chi connectivity index (χ3v) is 9.78. The third kappa shape index (κ3) is 4.51. The van der Waals surface area contributed by atoms with Gasteiger partial charge in [-0.15, -0.1) is 11.8 Å². The first-order valence-corrected chi connectivity index (χ1v) is 15.1. The number of thioether (sulfide) groups is 1. The maximum Gasteiger partial charge on any atom is 0.417 e. The molecule has 6 rings (SSSR count). The molecule has 2 aromatic heterocycles. The third-order valence-electron chi connectivity index (χ3n) is 7.71. The largest absolute Gasteiger partial charge is 0.417 e. The second-order valence-electron chi connectivity index (χ2n) is 10.5. The van der Waals surface area contributed by atoms with Gasteiger partial charge in [0.25, 0.3) is 0 Å². The second kappa shape index (κ2) is 10.3. The Morgan fingerprint density at radius 2 is 1.90 bits per heavy atom. The molecule has 1 saturated heterocycles. The van der Waals surface area contributed by atoms with E-state index in [1.54, 1.807) is 9.80 Å². The molecule has 0 bridgehead atoms. The molecule has 1 fully saturated rings. The number of piperazine rings is 1. The number of carbonyl (C=O) groups excluding carboxylic acids is 1. The quantitative estimate of drug-likeness (QED) is 0.239. The molecule has 2 N–H and O–H groups in total. The first-order chi connectivity index (χ1) is 19.9. The number of hydrogen-bond acceptors (Lipinski definition) is 8. The predicted molar refractivity (Wildman–Crippen MR) is 158 cm³/mol. The number of nitrogen functional groups attached to an aromatic ring is 1. The molecule has 14 heteroatoms. The lowest BCUT2D eigenvalue weighted by atomic mass is 9.95. The van der Waals surface area contributed by atoms with E-state index in [2.05, 4.69) is 16.5 Å². The number of alkyl halides is 3. The molecule has 2 aliphatic heterocycles. The highest BCUT2D eigenvalue weighted by Gasteiger charge is 2.40. The van der Waals surface area contributed by atoms with E-state index in [9.17, 15) is 27.2 Å². The van der Waals surface area contributed by atoms with Crippen molar-refractivity contribution in [3.63, 3.8) is 0 Å². The molecule has 8 nitrogen and oxygen atoms in total. The lowest BCUT2D eigenvalue weighted by molar-refractivity contribution is -0.137. The maximum absolute atomic E-state index is 15.0. The van der Waals surface area contributed by atoms with Crippen LogP contribution < -0.4 is 16.3 Å². The monoisotopic (exact) mass is 618 g/mol. The van der Waals surface area contributed by atoms with Gasteiger partial charge in [-0.2, -0.15) is 18.2 Å². The normalized spacial score (nSPS) is 19.4. The minimum atomic E-state index is -4.80. The van der Waals surface area contributed by atoms with Crippen molar-refractivity contribution in [3.05, 3.63) is 52.7 Å². The summed E-state index contributed by atoms with van der Waals surface area (Å²) in [4.78, 5) is 38.2. The number of hydrogen-bond donors (Lipinski definition) is 1. The number of rotatable bonds is 3. The molecule has 4 heterocycles. The number of thiazole rings is 1. The first kappa shape index (κ1) is 28.5. The number of nitrogens with zero attached hydrogens (tertiary/aromatic N) is 5. The van der Waals surface area contributed by atoms with Crippen LogP contribution in [0.15, 0.2) is 40.5 Å². The molecule has 220 valence electrons. The summed E-state index contributed by atoms with van der Waals surface area (Å²) in [5, 5.41) is 0.221. The number of amides is 1. The molecule has 42 heavy (non-hydrogen) atoms. The minimum Gasteiger partial charge on any atom is -0.375 e. The Kier molecular flexibility index (Phi) is 6.96. The smallest absolute Gasteiger partial charge is 0.375 e. The van der Waals surface area contributed by atoms with Crippen LogP contribution >= 0.6 is 23.1 Å². The zero-order valence-corrected chi connectivity index (χ0v) is 24.3. The zero-order chi connectivity index (χ0) is 30.1. The lowest BCUT2D eigenvalue weighted by Gasteiger charge is -2.44. The molecule has 0 spiro atoms. The van der Waals surface area contributed by atoms with Crippen LogP contribution in [0.4, 0.5) is 28.5 Å². The van der Waals surface area contributed by atoms with E-state index in [-0.39, 0.29) is 80.2 Å². The van der Waals surface area contributed by atoms with Gasteiger partial charge in [-0.25, -0.2) is 14.2 Å². The predicted octanol–water partition coefficient (Wildman–Crippen LogP) is 5.52. The van der Waals surface area contributed by atoms with Gasteiger partial charge in [0.05, 0.1) is 21.3 Å². The van der Waals surface area contributed by atoms with E-state index in [1.165, 1.54) is 28.5 Å². The molecule has 0 radical (unpaired) electrons. The van der Waals surface area contributed by atoms with Crippen LogP contribution in [0.25, 0.3) is 32.2 Å². The van der Waals surface area contributed by atoms with Crippen LogP contribution in [0, 0.1) is 5.82 Å². The number of nitrogens with two attached hydrogens (primary N) is 1. The van der Waals surface area contributed by atoms with E-state index >= 15 is 0 Å². The van der Waals surface area contributed by atoms with Crippen molar-refractivity contribution < 1.29 is 22.4 Å². The molecule has 2 aliphatic rings. The van der Waals surface area contributed by atoms with E-state index in [4.69, 9.17) is 5.73 Å². The van der Waals surface area contributed by atoms with Gasteiger partial charge in [-0.3, -0.25) is 9.36 Å². The Labute approximate surface area is 245 Å². The fourth-order valence-corrected chi connectivity index (χ4v) is 8.06. The summed E-state index contributed by atoms with van der Waals surface area (Å²) < 4.78 is 61.0. The highest BCUT2D eigenvalue weighted by molar-refractivity contribution is 7.99. The lowest BCUT2D eigenvalue weighted by Crippen LogP contribution is -2.58. The molecule has 2 aromatic carbocycles. The average molecular weight is 619 g/mol. The Hall–Kier alpha value is -3.65. The Bertz CT molecular complexity index is 1820. The molecule has 0 saturated carbocycles. The number of halogens is 4. The van der Waals surface area contributed by atoms with Crippen LogP contribution in [0.2, 0.25) is 0 Å². The number of anilines is 2. The van der Waals surface area contributed by atoms with Gasteiger partial charge < -0.3 is 15.5 Å². The molecule has 0 aliphatic carbocycles. The number of aryl methyl sites for hydroxylation is 1. The Balaban J connectivity index is 1.67. The van der Waals surface area contributed by atoms with Gasteiger partial charge in [-0.05, 0) is 50.3 Å². The van der Waals surface area contributed by atoms with Crippen molar-refractivity contribution in [2.75, 3.05) is 29.5 Å². The zero-order valence-electron chi connectivity index (χ0n) is 22.7. The van der Waals surface area contributed by atoms with Crippen LogP contribution in [-0.4, -0.2) is 56.3 Å². The van der Waals surface area contributed by atoms with Gasteiger partial charge >= 0.3 is 11.9 Å². The highest BCUT2D eigenvalue weighted by atomic mass is 32.2. The molecule has 2 unspecified atom stereocenters. The summed E-state index contributed by atoms with van der Waals surface area (Å²) >= 11 is 2.09. The van der Waals surface area contributed by atoms with E-state index in [0.29, 0.717) is 17.7 Å². The van der Waals surface area contributed by atoms with Crippen LogP contribution in [-0.2, 0) is 17.5 Å². The number of benzene rings is 2. The molecule has 4 aromatic rings. The van der Waals surface area contributed by atoms with Crippen molar-refractivity contribution in [3.8, 4) is 11.1 Å². The van der Waals surface area contributed by atoms with Crippen LogP contribution in [0.1, 0.15) is 25.8 Å². The van der Waals surface area contributed by atoms with Gasteiger partial charge in [0, 0.05) is 53.1 Å². The van der Waals surface area contributed by atoms with Gasteiger partial charge in [0.15, 0.2) is 5.13 Å². The second-order valence-corrected chi connectivity index (χ2v) is 12.6. The fourth-order valence-electron chi connectivity index (χ4n) is 6.10. The topological polar surface area (TPSA) is 97.4 Å². The van der Waals surface area contributed by atoms with Crippen molar-refractivity contribution in [1.82, 2.24) is 19.4 Å². The number of fused-ring (bicyclic) bond motifs is 1. The summed E-state index contributed by atoms with van der Waals surface area (Å²) in [7, 11) is 0. The maximum atomic E-state index is 15.0.